The molecule has 0 unspecified atom stereocenters. The van der Waals surface area contributed by atoms with Gasteiger partial charge in [-0.15, -0.1) is 0 Å². The zero-order valence-electron chi connectivity index (χ0n) is 12.0. The molecule has 3 atom stereocenters. The lowest BCUT2D eigenvalue weighted by atomic mass is 9.93. The molecule has 1 saturated heterocycles. The highest BCUT2D eigenvalue weighted by Crippen LogP contribution is 2.39. The number of urea groups is 1. The Labute approximate surface area is 119 Å². The van der Waals surface area contributed by atoms with Gasteiger partial charge in [0.1, 0.15) is 6.04 Å². The number of amides is 3. The Balaban J connectivity index is 1.90. The van der Waals surface area contributed by atoms with E-state index in [0.29, 0.717) is 0 Å². The quantitative estimate of drug-likeness (QED) is 0.776. The number of benzene rings is 1. The number of nitrogens with zero attached hydrogens (tertiary/aromatic N) is 2. The number of hydrogen-bond acceptors (Lipinski definition) is 2. The predicted octanol–water partition coefficient (Wildman–Crippen LogP) is 2.61. The summed E-state index contributed by atoms with van der Waals surface area (Å²) in [5.74, 6) is 0.230. The first-order valence-corrected chi connectivity index (χ1v) is 7.26. The van der Waals surface area contributed by atoms with Crippen LogP contribution in [-0.2, 0) is 4.79 Å². The van der Waals surface area contributed by atoms with E-state index in [9.17, 15) is 9.59 Å². The van der Waals surface area contributed by atoms with Gasteiger partial charge >= 0.3 is 6.03 Å². The molecule has 1 aliphatic carbocycles. The summed E-state index contributed by atoms with van der Waals surface area (Å²) >= 11 is 0. The topological polar surface area (TPSA) is 40.6 Å². The van der Waals surface area contributed by atoms with Gasteiger partial charge in [0.15, 0.2) is 0 Å². The second kappa shape index (κ2) is 4.93. The van der Waals surface area contributed by atoms with Crippen molar-refractivity contribution in [2.75, 3.05) is 7.05 Å². The number of imide groups is 1. The van der Waals surface area contributed by atoms with Crippen molar-refractivity contribution in [3.63, 3.8) is 0 Å². The molecular formula is C16H20N2O2. The van der Waals surface area contributed by atoms with Crippen LogP contribution >= 0.6 is 0 Å². The number of likely N-dealkylation sites (N-methyl/N-ethyl adjacent to an activating group) is 1. The van der Waals surface area contributed by atoms with Crippen molar-refractivity contribution in [2.24, 2.45) is 0 Å². The molecule has 0 aromatic heterocycles. The first kappa shape index (κ1) is 13.2. The summed E-state index contributed by atoms with van der Waals surface area (Å²) in [5.41, 5.74) is 1.23. The van der Waals surface area contributed by atoms with Crippen LogP contribution in [0.1, 0.15) is 37.7 Å². The first-order valence-electron chi connectivity index (χ1n) is 7.26. The lowest BCUT2D eigenvalue weighted by Crippen LogP contribution is -2.42. The Morgan fingerprint density at radius 3 is 2.40 bits per heavy atom. The van der Waals surface area contributed by atoms with Crippen LogP contribution in [0.2, 0.25) is 0 Å². The van der Waals surface area contributed by atoms with Crippen LogP contribution in [0.25, 0.3) is 0 Å². The molecule has 3 rings (SSSR count). The van der Waals surface area contributed by atoms with E-state index in [4.69, 9.17) is 0 Å². The molecule has 1 aromatic rings. The zero-order valence-corrected chi connectivity index (χ0v) is 12.0. The van der Waals surface area contributed by atoms with E-state index in [-0.39, 0.29) is 29.9 Å². The standard InChI is InChI=1S/C16H20N2O2/c1-11-15(19)18(16(20)17(11)2)14-10-6-9-13(14)12-7-4-3-5-8-12/h3-5,7-8,11,13-14H,6,9-10H2,1-2H3/t11-,13-,14-/m1/s1. The molecule has 0 bridgehead atoms. The SMILES string of the molecule is C[C@@H]1C(=O)N([C@@H]2CCC[C@@H]2c2ccccc2)C(=O)N1C. The maximum atomic E-state index is 12.4. The van der Waals surface area contributed by atoms with E-state index in [2.05, 4.69) is 12.1 Å². The average molecular weight is 272 g/mol. The number of carbonyl (C=O) groups excluding carboxylic acids is 2. The molecule has 3 amide bonds. The van der Waals surface area contributed by atoms with Crippen LogP contribution < -0.4 is 0 Å². The molecular weight excluding hydrogens is 252 g/mol. The largest absolute Gasteiger partial charge is 0.327 e. The van der Waals surface area contributed by atoms with Crippen molar-refractivity contribution >= 4 is 11.9 Å². The number of rotatable bonds is 2. The Bertz CT molecular complexity index is 509. The third kappa shape index (κ3) is 1.90. The monoisotopic (exact) mass is 272 g/mol. The molecule has 2 aliphatic rings. The molecule has 0 spiro atoms. The molecule has 4 nitrogen and oxygen atoms in total. The summed E-state index contributed by atoms with van der Waals surface area (Å²) in [6, 6.07) is 9.78. The molecule has 4 heteroatoms. The molecule has 106 valence electrons. The number of carbonyl (C=O) groups is 2. The molecule has 1 aliphatic heterocycles. The maximum absolute atomic E-state index is 12.4. The van der Waals surface area contributed by atoms with E-state index < -0.39 is 0 Å². The van der Waals surface area contributed by atoms with E-state index in [1.807, 2.05) is 18.2 Å². The van der Waals surface area contributed by atoms with Gasteiger partial charge in [0, 0.05) is 19.0 Å². The normalized spacial score (nSPS) is 30.4. The highest BCUT2D eigenvalue weighted by atomic mass is 16.2. The second-order valence-corrected chi connectivity index (χ2v) is 5.79. The molecule has 20 heavy (non-hydrogen) atoms. The van der Waals surface area contributed by atoms with Gasteiger partial charge < -0.3 is 4.90 Å². The van der Waals surface area contributed by atoms with E-state index in [1.54, 1.807) is 18.9 Å². The first-order chi connectivity index (χ1) is 9.61. The van der Waals surface area contributed by atoms with Gasteiger partial charge in [-0.25, -0.2) is 4.79 Å². The minimum Gasteiger partial charge on any atom is -0.316 e. The summed E-state index contributed by atoms with van der Waals surface area (Å²) in [5, 5.41) is 0. The average Bonchev–Trinajstić information content (AvgIpc) is 3.01. The highest BCUT2D eigenvalue weighted by Gasteiger charge is 2.47. The van der Waals surface area contributed by atoms with E-state index in [0.717, 1.165) is 19.3 Å². The van der Waals surface area contributed by atoms with Crippen LogP contribution in [0.4, 0.5) is 4.79 Å². The van der Waals surface area contributed by atoms with Crippen LogP contribution in [0.15, 0.2) is 30.3 Å². The molecule has 1 aromatic carbocycles. The van der Waals surface area contributed by atoms with Crippen LogP contribution in [0, 0.1) is 0 Å². The Morgan fingerprint density at radius 2 is 1.80 bits per heavy atom. The smallest absolute Gasteiger partial charge is 0.316 e. The van der Waals surface area contributed by atoms with Gasteiger partial charge in [-0.1, -0.05) is 36.8 Å². The Hall–Kier alpha value is -1.84. The van der Waals surface area contributed by atoms with Gasteiger partial charge in [-0.05, 0) is 25.3 Å². The lowest BCUT2D eigenvalue weighted by molar-refractivity contribution is -0.129. The molecule has 1 saturated carbocycles. The van der Waals surface area contributed by atoms with E-state index >= 15 is 0 Å². The minimum absolute atomic E-state index is 0.0183. The fraction of sp³-hybridized carbons (Fsp3) is 0.500. The molecule has 1 heterocycles. The fourth-order valence-electron chi connectivity index (χ4n) is 3.44. The summed E-state index contributed by atoms with van der Waals surface area (Å²) in [4.78, 5) is 27.7. The van der Waals surface area contributed by atoms with Crippen molar-refractivity contribution in [1.29, 1.82) is 0 Å². The Morgan fingerprint density at radius 1 is 1.10 bits per heavy atom. The van der Waals surface area contributed by atoms with Crippen LogP contribution in [0.3, 0.4) is 0 Å². The Kier molecular flexibility index (Phi) is 3.24. The van der Waals surface area contributed by atoms with Crippen molar-refractivity contribution in [2.45, 2.75) is 44.2 Å². The van der Waals surface area contributed by atoms with Gasteiger partial charge in [-0.3, -0.25) is 9.69 Å². The third-order valence-electron chi connectivity index (χ3n) is 4.72. The van der Waals surface area contributed by atoms with E-state index in [1.165, 1.54) is 10.5 Å². The zero-order chi connectivity index (χ0) is 14.3. The van der Waals surface area contributed by atoms with Crippen LogP contribution in [-0.4, -0.2) is 40.9 Å². The predicted molar refractivity (Wildman–Crippen MR) is 76.3 cm³/mol. The van der Waals surface area contributed by atoms with Crippen LogP contribution in [0.5, 0.6) is 0 Å². The summed E-state index contributed by atoms with van der Waals surface area (Å²) in [7, 11) is 1.71. The van der Waals surface area contributed by atoms with Crippen molar-refractivity contribution in [1.82, 2.24) is 9.80 Å². The lowest BCUT2D eigenvalue weighted by Gasteiger charge is -2.27. The van der Waals surface area contributed by atoms with Gasteiger partial charge in [-0.2, -0.15) is 0 Å². The highest BCUT2D eigenvalue weighted by molar-refractivity contribution is 6.04. The van der Waals surface area contributed by atoms with Gasteiger partial charge in [0.05, 0.1) is 0 Å². The van der Waals surface area contributed by atoms with Crippen molar-refractivity contribution in [3.05, 3.63) is 35.9 Å². The second-order valence-electron chi connectivity index (χ2n) is 5.79. The van der Waals surface area contributed by atoms with Gasteiger partial charge in [0.2, 0.25) is 0 Å². The molecule has 0 radical (unpaired) electrons. The summed E-state index contributed by atoms with van der Waals surface area (Å²) in [6.45, 7) is 1.80. The fourth-order valence-corrected chi connectivity index (χ4v) is 3.44. The third-order valence-corrected chi connectivity index (χ3v) is 4.72. The molecule has 0 N–H and O–H groups in total. The number of hydrogen-bond donors (Lipinski definition) is 0. The molecule has 2 fully saturated rings. The summed E-state index contributed by atoms with van der Waals surface area (Å²) < 4.78 is 0. The minimum atomic E-state index is -0.334. The van der Waals surface area contributed by atoms with Crippen molar-refractivity contribution < 1.29 is 9.59 Å². The van der Waals surface area contributed by atoms with Gasteiger partial charge in [0.25, 0.3) is 5.91 Å². The summed E-state index contributed by atoms with van der Waals surface area (Å²) in [6.07, 6.45) is 3.03. The van der Waals surface area contributed by atoms with Crippen molar-refractivity contribution in [3.8, 4) is 0 Å². The maximum Gasteiger partial charge on any atom is 0.327 e.